The average molecular weight is 487 g/mol. The average Bonchev–Trinajstić information content (AvgIpc) is 2.84. The Balaban J connectivity index is 1.50. The summed E-state index contributed by atoms with van der Waals surface area (Å²) in [6.45, 7) is 0.565. The van der Waals surface area contributed by atoms with Crippen LogP contribution in [-0.2, 0) is 11.6 Å². The van der Waals surface area contributed by atoms with E-state index in [-0.39, 0.29) is 22.4 Å². The second kappa shape index (κ2) is 10.4. The molecule has 0 saturated heterocycles. The summed E-state index contributed by atoms with van der Waals surface area (Å²) in [5, 5.41) is 6.05. The molecule has 1 aliphatic carbocycles. The number of aromatic nitrogens is 2. The number of nitrogens with zero attached hydrogens (tertiary/aromatic N) is 2. The van der Waals surface area contributed by atoms with Gasteiger partial charge in [0.05, 0.1) is 0 Å². The smallest absolute Gasteiger partial charge is 0.433 e. The van der Waals surface area contributed by atoms with Crippen LogP contribution in [0.4, 0.5) is 19.1 Å². The van der Waals surface area contributed by atoms with E-state index < -0.39 is 11.9 Å². The molecule has 0 radical (unpaired) electrons. The van der Waals surface area contributed by atoms with Crippen LogP contribution in [0.3, 0.4) is 0 Å². The van der Waals surface area contributed by atoms with Crippen LogP contribution in [0, 0.1) is 0 Å². The maximum Gasteiger partial charge on any atom is 0.433 e. The molecule has 4 rings (SSSR count). The molecule has 0 spiro atoms. The van der Waals surface area contributed by atoms with Crippen LogP contribution in [0.1, 0.15) is 43.4 Å². The lowest BCUT2D eigenvalue weighted by atomic mass is 9.69. The van der Waals surface area contributed by atoms with E-state index in [2.05, 4.69) is 32.7 Å². The van der Waals surface area contributed by atoms with Crippen LogP contribution in [0.5, 0.6) is 11.6 Å². The lowest BCUT2D eigenvalue weighted by Crippen LogP contribution is -2.43. The zero-order chi connectivity index (χ0) is 24.0. The molecule has 3 aromatic rings. The first-order valence-electron chi connectivity index (χ1n) is 11.1. The number of anilines is 1. The fourth-order valence-corrected chi connectivity index (χ4v) is 4.43. The van der Waals surface area contributed by atoms with Gasteiger partial charge in [0.25, 0.3) is 0 Å². The molecule has 1 heterocycles. The number of halogens is 3. The van der Waals surface area contributed by atoms with Gasteiger partial charge in [-0.2, -0.15) is 18.2 Å². The number of ether oxygens (including phenoxy) is 1. The second-order valence-corrected chi connectivity index (χ2v) is 8.75. The molecular formula is C25H25F3N4OS. The van der Waals surface area contributed by atoms with Crippen molar-refractivity contribution in [2.24, 2.45) is 0 Å². The summed E-state index contributed by atoms with van der Waals surface area (Å²) in [5.74, 6) is -0.148. The van der Waals surface area contributed by atoms with Gasteiger partial charge >= 0.3 is 6.18 Å². The summed E-state index contributed by atoms with van der Waals surface area (Å²) >= 11 is 5.39. The summed E-state index contributed by atoms with van der Waals surface area (Å²) in [4.78, 5) is 7.68. The summed E-state index contributed by atoms with van der Waals surface area (Å²) in [6.07, 6.45) is 0.799. The number of benzene rings is 2. The Bertz CT molecular complexity index is 1100. The van der Waals surface area contributed by atoms with Gasteiger partial charge in [0, 0.05) is 18.0 Å². The van der Waals surface area contributed by atoms with E-state index in [1.165, 1.54) is 12.0 Å². The fraction of sp³-hybridized carbons (Fsp3) is 0.320. The van der Waals surface area contributed by atoms with Gasteiger partial charge in [0.1, 0.15) is 5.75 Å². The standard InChI is InChI=1S/C25H25F3N4OS/c26-25(27,28)20-16-21(33-19-12-6-2-7-13-19)31-22(30-20)32-23(34)29-17-24(14-8-3-9-15-24)18-10-4-1-5-11-18/h1-2,4-7,10-13,16H,3,8-9,14-15,17H2,(H2,29,30,31,32,34). The Kier molecular flexibility index (Phi) is 7.31. The molecule has 9 heteroatoms. The SMILES string of the molecule is FC(F)(F)c1cc(Oc2ccccc2)nc(NC(=S)NCC2(c3ccccc3)CCCCC2)n1. The maximum absolute atomic E-state index is 13.4. The first-order valence-corrected chi connectivity index (χ1v) is 11.5. The monoisotopic (exact) mass is 486 g/mol. The van der Waals surface area contributed by atoms with Gasteiger partial charge in [0.2, 0.25) is 11.8 Å². The molecule has 2 aromatic carbocycles. The normalized spacial score (nSPS) is 15.4. The molecule has 0 aliphatic heterocycles. The molecule has 1 saturated carbocycles. The Morgan fingerprint density at radius 2 is 1.59 bits per heavy atom. The minimum atomic E-state index is -4.66. The Hall–Kier alpha value is -3.20. The Labute approximate surface area is 201 Å². The first kappa shape index (κ1) is 23.9. The van der Waals surface area contributed by atoms with Gasteiger partial charge < -0.3 is 15.4 Å². The molecule has 178 valence electrons. The summed E-state index contributed by atoms with van der Waals surface area (Å²) in [6, 6.07) is 19.5. The predicted octanol–water partition coefficient (Wildman–Crippen LogP) is 6.48. The zero-order valence-electron chi connectivity index (χ0n) is 18.4. The van der Waals surface area contributed by atoms with E-state index >= 15 is 0 Å². The van der Waals surface area contributed by atoms with Crippen LogP contribution in [0.15, 0.2) is 66.7 Å². The lowest BCUT2D eigenvalue weighted by Gasteiger charge is -2.38. The van der Waals surface area contributed by atoms with Crippen LogP contribution >= 0.6 is 12.2 Å². The van der Waals surface area contributed by atoms with Crippen LogP contribution in [-0.4, -0.2) is 21.6 Å². The van der Waals surface area contributed by atoms with E-state index in [0.29, 0.717) is 12.3 Å². The van der Waals surface area contributed by atoms with Crippen molar-refractivity contribution in [3.05, 3.63) is 78.0 Å². The third-order valence-electron chi connectivity index (χ3n) is 5.97. The Morgan fingerprint density at radius 3 is 2.24 bits per heavy atom. The van der Waals surface area contributed by atoms with Gasteiger partial charge in [-0.05, 0) is 42.8 Å². The third kappa shape index (κ3) is 6.02. The number of rotatable bonds is 6. The molecule has 0 unspecified atom stereocenters. The summed E-state index contributed by atoms with van der Waals surface area (Å²) in [5.41, 5.74) is 0.0345. The third-order valence-corrected chi connectivity index (χ3v) is 6.21. The maximum atomic E-state index is 13.4. The Morgan fingerprint density at radius 1 is 0.941 bits per heavy atom. The number of alkyl halides is 3. The van der Waals surface area contributed by atoms with Crippen molar-refractivity contribution in [1.29, 1.82) is 0 Å². The molecule has 2 N–H and O–H groups in total. The van der Waals surface area contributed by atoms with Gasteiger partial charge in [-0.3, -0.25) is 0 Å². The molecule has 1 fully saturated rings. The van der Waals surface area contributed by atoms with Gasteiger partial charge in [-0.15, -0.1) is 0 Å². The van der Waals surface area contributed by atoms with Crippen LogP contribution in [0.2, 0.25) is 0 Å². The highest BCUT2D eigenvalue weighted by molar-refractivity contribution is 7.80. The number of hydrogen-bond acceptors (Lipinski definition) is 4. The molecule has 0 bridgehead atoms. The molecule has 0 atom stereocenters. The van der Waals surface area contributed by atoms with E-state index in [1.54, 1.807) is 30.3 Å². The van der Waals surface area contributed by atoms with E-state index in [0.717, 1.165) is 31.7 Å². The topological polar surface area (TPSA) is 59.1 Å². The van der Waals surface area contributed by atoms with Crippen LogP contribution < -0.4 is 15.4 Å². The molecule has 5 nitrogen and oxygen atoms in total. The summed E-state index contributed by atoms with van der Waals surface area (Å²) in [7, 11) is 0. The number of nitrogens with one attached hydrogen (secondary N) is 2. The van der Waals surface area contributed by atoms with Gasteiger partial charge in [-0.25, -0.2) is 4.98 Å². The van der Waals surface area contributed by atoms with Gasteiger partial charge in [0.15, 0.2) is 10.8 Å². The fourth-order valence-electron chi connectivity index (χ4n) is 4.27. The highest BCUT2D eigenvalue weighted by atomic mass is 32.1. The first-order chi connectivity index (χ1) is 16.3. The molecule has 1 aliphatic rings. The molecule has 34 heavy (non-hydrogen) atoms. The van der Waals surface area contributed by atoms with Crippen molar-refractivity contribution in [2.45, 2.75) is 43.7 Å². The lowest BCUT2D eigenvalue weighted by molar-refractivity contribution is -0.141. The molecule has 0 amide bonds. The number of thiocarbonyl (C=S) groups is 1. The zero-order valence-corrected chi connectivity index (χ0v) is 19.3. The van der Waals surface area contributed by atoms with Crippen molar-refractivity contribution in [3.8, 4) is 11.6 Å². The highest BCUT2D eigenvalue weighted by Crippen LogP contribution is 2.39. The van der Waals surface area contributed by atoms with Crippen molar-refractivity contribution >= 4 is 23.3 Å². The minimum absolute atomic E-state index is 0.0818. The van der Waals surface area contributed by atoms with E-state index in [4.69, 9.17) is 17.0 Å². The minimum Gasteiger partial charge on any atom is -0.439 e. The second-order valence-electron chi connectivity index (χ2n) is 8.34. The predicted molar refractivity (Wildman–Crippen MR) is 129 cm³/mol. The van der Waals surface area contributed by atoms with Crippen molar-refractivity contribution in [3.63, 3.8) is 0 Å². The highest BCUT2D eigenvalue weighted by Gasteiger charge is 2.35. The van der Waals surface area contributed by atoms with Crippen molar-refractivity contribution in [2.75, 3.05) is 11.9 Å². The molecule has 1 aromatic heterocycles. The largest absolute Gasteiger partial charge is 0.439 e. The van der Waals surface area contributed by atoms with Crippen LogP contribution in [0.25, 0.3) is 0 Å². The van der Waals surface area contributed by atoms with E-state index in [9.17, 15) is 13.2 Å². The number of para-hydroxylation sites is 1. The molecular weight excluding hydrogens is 461 g/mol. The van der Waals surface area contributed by atoms with E-state index in [1.807, 2.05) is 18.2 Å². The summed E-state index contributed by atoms with van der Waals surface area (Å²) < 4.78 is 45.8. The quantitative estimate of drug-likeness (QED) is 0.389. The van der Waals surface area contributed by atoms with Crippen molar-refractivity contribution in [1.82, 2.24) is 15.3 Å². The number of hydrogen-bond donors (Lipinski definition) is 2. The van der Waals surface area contributed by atoms with Crippen molar-refractivity contribution < 1.29 is 17.9 Å². The van der Waals surface area contributed by atoms with Gasteiger partial charge in [-0.1, -0.05) is 67.8 Å².